The molecule has 47 heavy (non-hydrogen) atoms. The summed E-state index contributed by atoms with van der Waals surface area (Å²) in [6.45, 7) is 9.41. The average molecular weight is 641 g/mol. The highest BCUT2D eigenvalue weighted by molar-refractivity contribution is 6.00. The molecule has 1 aliphatic rings. The maximum absolute atomic E-state index is 15.4. The Labute approximate surface area is 270 Å². The summed E-state index contributed by atoms with van der Waals surface area (Å²) in [7, 11) is 3.72. The van der Waals surface area contributed by atoms with E-state index in [4.69, 9.17) is 19.2 Å². The summed E-state index contributed by atoms with van der Waals surface area (Å²) >= 11 is 0. The van der Waals surface area contributed by atoms with Gasteiger partial charge >= 0.3 is 5.97 Å². The molecule has 1 aliphatic heterocycles. The Morgan fingerprint density at radius 1 is 1.09 bits per heavy atom. The smallest absolute Gasteiger partial charge is 0.307 e. The zero-order chi connectivity index (χ0) is 33.8. The zero-order valence-electron chi connectivity index (χ0n) is 27.5. The number of carboxylic acid groups (broad SMARTS) is 1. The van der Waals surface area contributed by atoms with Crippen molar-refractivity contribution in [2.24, 2.45) is 14.1 Å². The van der Waals surface area contributed by atoms with Crippen LogP contribution in [0.1, 0.15) is 49.6 Å². The number of pyridine rings is 1. The average Bonchev–Trinajstić information content (AvgIpc) is 3.72. The first kappa shape index (κ1) is 31.9. The van der Waals surface area contributed by atoms with Crippen molar-refractivity contribution in [3.63, 3.8) is 0 Å². The number of carbonyl (C=O) groups is 1. The maximum atomic E-state index is 15.4. The summed E-state index contributed by atoms with van der Waals surface area (Å²) in [5.74, 6) is -0.548. The van der Waals surface area contributed by atoms with Gasteiger partial charge in [0.1, 0.15) is 11.3 Å². The van der Waals surface area contributed by atoms with Crippen LogP contribution in [0.3, 0.4) is 0 Å². The Hall–Kier alpha value is -5.10. The van der Waals surface area contributed by atoms with Crippen LogP contribution in [0, 0.1) is 19.7 Å². The number of carboxylic acids is 1. The second kappa shape index (κ2) is 11.9. The van der Waals surface area contributed by atoms with Crippen molar-refractivity contribution in [2.75, 3.05) is 6.61 Å². The van der Waals surface area contributed by atoms with E-state index in [2.05, 4.69) is 15.3 Å². The molecular weight excluding hydrogens is 603 g/mol. The van der Waals surface area contributed by atoms with E-state index in [1.807, 2.05) is 49.9 Å². The van der Waals surface area contributed by atoms with Gasteiger partial charge < -0.3 is 23.9 Å². The minimum Gasteiger partial charge on any atom is -0.490 e. The second-order valence-electron chi connectivity index (χ2n) is 12.9. The topological polar surface area (TPSA) is 141 Å². The molecule has 2 N–H and O–H groups in total. The first-order valence-corrected chi connectivity index (χ1v) is 15.4. The first-order chi connectivity index (χ1) is 22.2. The van der Waals surface area contributed by atoms with E-state index in [0.717, 1.165) is 34.0 Å². The van der Waals surface area contributed by atoms with E-state index in [1.165, 1.54) is 6.07 Å². The molecule has 7 rings (SSSR count). The highest BCUT2D eigenvalue weighted by atomic mass is 19.1. The van der Waals surface area contributed by atoms with Gasteiger partial charge in [-0.3, -0.25) is 9.48 Å². The number of aliphatic carboxylic acids is 1. The third-order valence-electron chi connectivity index (χ3n) is 8.15. The van der Waals surface area contributed by atoms with Crippen molar-refractivity contribution < 1.29 is 28.6 Å². The Balaban J connectivity index is 0.000000720. The van der Waals surface area contributed by atoms with Gasteiger partial charge in [0.2, 0.25) is 5.89 Å². The molecular formula is C35H37FN6O5. The molecule has 0 saturated heterocycles. The molecule has 12 heteroatoms. The minimum absolute atomic E-state index is 0.259. The van der Waals surface area contributed by atoms with Crippen LogP contribution in [0.5, 0.6) is 5.75 Å². The fraction of sp³-hybridized carbons (Fsp3) is 0.343. The molecule has 0 spiro atoms. The lowest BCUT2D eigenvalue weighted by atomic mass is 9.87. The molecule has 4 aromatic heterocycles. The summed E-state index contributed by atoms with van der Waals surface area (Å²) in [5.41, 5.74) is 6.45. The molecule has 5 heterocycles. The number of rotatable bonds is 5. The highest BCUT2D eigenvalue weighted by Gasteiger charge is 2.27. The number of benzene rings is 2. The Morgan fingerprint density at radius 2 is 1.81 bits per heavy atom. The predicted molar refractivity (Wildman–Crippen MR) is 176 cm³/mol. The lowest BCUT2D eigenvalue weighted by Gasteiger charge is -2.23. The van der Waals surface area contributed by atoms with Crippen LogP contribution in [0.4, 0.5) is 4.39 Å². The van der Waals surface area contributed by atoms with Crippen molar-refractivity contribution in [1.82, 2.24) is 29.5 Å². The van der Waals surface area contributed by atoms with E-state index in [9.17, 15) is 9.90 Å². The number of aliphatic hydroxyl groups is 1. The van der Waals surface area contributed by atoms with Crippen LogP contribution in [0.15, 0.2) is 40.9 Å². The van der Waals surface area contributed by atoms with Gasteiger partial charge in [0, 0.05) is 41.7 Å². The molecule has 0 aliphatic carbocycles. The lowest BCUT2D eigenvalue weighted by Crippen LogP contribution is -2.13. The van der Waals surface area contributed by atoms with Gasteiger partial charge in [0.15, 0.2) is 11.6 Å². The van der Waals surface area contributed by atoms with E-state index in [-0.39, 0.29) is 18.1 Å². The SMILES string of the molecule is CC(C)(C)O.Cc1nc2c(cc(-c3nnc(-c4ccc5c(cnn5C)c4)o3)n2C)c(-c2cc(F)c3c(c2C)CCCO3)c1CC(=O)O. The Kier molecular flexibility index (Phi) is 8.08. The number of halogens is 1. The van der Waals surface area contributed by atoms with E-state index >= 15 is 4.39 Å². The van der Waals surface area contributed by atoms with Gasteiger partial charge in [-0.05, 0) is 100 Å². The molecule has 2 aromatic carbocycles. The van der Waals surface area contributed by atoms with Crippen LogP contribution in [0.25, 0.3) is 56.1 Å². The van der Waals surface area contributed by atoms with Crippen LogP contribution in [-0.4, -0.2) is 57.9 Å². The zero-order valence-corrected chi connectivity index (χ0v) is 27.5. The fourth-order valence-corrected chi connectivity index (χ4v) is 6.02. The normalized spacial score (nSPS) is 13.0. The number of hydrogen-bond acceptors (Lipinski definition) is 8. The third kappa shape index (κ3) is 6.08. The van der Waals surface area contributed by atoms with Crippen molar-refractivity contribution >= 4 is 27.9 Å². The fourth-order valence-electron chi connectivity index (χ4n) is 6.02. The van der Waals surface area contributed by atoms with Gasteiger partial charge in [-0.25, -0.2) is 9.37 Å². The van der Waals surface area contributed by atoms with Crippen LogP contribution in [-0.2, 0) is 31.7 Å². The van der Waals surface area contributed by atoms with E-state index < -0.39 is 17.4 Å². The molecule has 244 valence electrons. The van der Waals surface area contributed by atoms with E-state index in [0.29, 0.717) is 58.0 Å². The summed E-state index contributed by atoms with van der Waals surface area (Å²) < 4.78 is 30.8. The van der Waals surface area contributed by atoms with Gasteiger partial charge in [-0.15, -0.1) is 10.2 Å². The lowest BCUT2D eigenvalue weighted by molar-refractivity contribution is -0.136. The molecule has 6 aromatic rings. The number of fused-ring (bicyclic) bond motifs is 3. The minimum atomic E-state index is -0.997. The molecule has 0 bridgehead atoms. The third-order valence-corrected chi connectivity index (χ3v) is 8.15. The van der Waals surface area contributed by atoms with Gasteiger partial charge in [0.25, 0.3) is 5.89 Å². The van der Waals surface area contributed by atoms with Crippen molar-refractivity contribution in [3.8, 4) is 39.9 Å². The number of nitrogens with zero attached hydrogens (tertiary/aromatic N) is 6. The van der Waals surface area contributed by atoms with Crippen LogP contribution < -0.4 is 4.74 Å². The number of aryl methyl sites for hydroxylation is 3. The van der Waals surface area contributed by atoms with Crippen molar-refractivity contribution in [3.05, 3.63) is 64.7 Å². The van der Waals surface area contributed by atoms with Gasteiger partial charge in [0.05, 0.1) is 30.3 Å². The molecule has 11 nitrogen and oxygen atoms in total. The standard InChI is InChI=1S/C31H27FN6O4.C4H10O/c1-15-19-6-5-9-41-28(19)23(32)11-20(15)27-21(13-26(39)40)16(2)34-29-22(27)12-25(37(29)3)31-36-35-30(42-31)17-7-8-24-18(10-17)14-33-38(24)4;1-4(2,3)5/h7-8,10-12,14H,5-6,9,13H2,1-4H3,(H,39,40);5H,1-3H3. The molecule has 0 radical (unpaired) electrons. The summed E-state index contributed by atoms with van der Waals surface area (Å²) in [6.07, 6.45) is 2.99. The van der Waals surface area contributed by atoms with E-state index in [1.54, 1.807) is 38.6 Å². The van der Waals surface area contributed by atoms with Gasteiger partial charge in [-0.1, -0.05) is 0 Å². The summed E-state index contributed by atoms with van der Waals surface area (Å²) in [5, 5.41) is 32.9. The number of ether oxygens (including phenoxy) is 1. The predicted octanol–water partition coefficient (Wildman–Crippen LogP) is 6.33. The van der Waals surface area contributed by atoms with Crippen LogP contribution in [0.2, 0.25) is 0 Å². The van der Waals surface area contributed by atoms with Gasteiger partial charge in [-0.2, -0.15) is 5.10 Å². The summed E-state index contributed by atoms with van der Waals surface area (Å²) in [4.78, 5) is 16.8. The molecule has 0 fully saturated rings. The van der Waals surface area contributed by atoms with Crippen molar-refractivity contribution in [1.29, 1.82) is 0 Å². The second-order valence-corrected chi connectivity index (χ2v) is 12.9. The quantitative estimate of drug-likeness (QED) is 0.221. The Morgan fingerprint density at radius 3 is 2.53 bits per heavy atom. The highest BCUT2D eigenvalue weighted by Crippen LogP contribution is 2.43. The maximum Gasteiger partial charge on any atom is 0.307 e. The molecule has 0 saturated carbocycles. The number of aromatic nitrogens is 6. The number of hydrogen-bond donors (Lipinski definition) is 2. The first-order valence-electron chi connectivity index (χ1n) is 15.4. The monoisotopic (exact) mass is 640 g/mol. The Bertz CT molecular complexity index is 2170. The molecule has 0 unspecified atom stereocenters. The molecule has 0 atom stereocenters. The molecule has 0 amide bonds. The van der Waals surface area contributed by atoms with Crippen molar-refractivity contribution in [2.45, 2.75) is 59.5 Å². The largest absolute Gasteiger partial charge is 0.490 e. The van der Waals surface area contributed by atoms with Crippen LogP contribution >= 0.6 is 0 Å². The summed E-state index contributed by atoms with van der Waals surface area (Å²) in [6, 6.07) is 9.11.